The van der Waals surface area contributed by atoms with Crippen molar-refractivity contribution in [3.63, 3.8) is 0 Å². The minimum atomic E-state index is 0.808. The van der Waals surface area contributed by atoms with E-state index in [4.69, 9.17) is 0 Å². The van der Waals surface area contributed by atoms with Gasteiger partial charge in [0.15, 0.2) is 0 Å². The Bertz CT molecular complexity index is 671. The average molecular weight is 391 g/mol. The summed E-state index contributed by atoms with van der Waals surface area (Å²) >= 11 is 0. The molecule has 0 spiro atoms. The summed E-state index contributed by atoms with van der Waals surface area (Å²) in [7, 11) is 0. The maximum atomic E-state index is 2.42. The quantitative estimate of drug-likeness (QED) is 0.337. The van der Waals surface area contributed by atoms with Crippen molar-refractivity contribution in [3.05, 3.63) is 70.8 Å². The molecule has 0 unspecified atom stereocenters. The fraction of sp³-hybridized carbons (Fsp3) is 0.586. The molecule has 2 aromatic rings. The van der Waals surface area contributed by atoms with Crippen LogP contribution >= 0.6 is 0 Å². The zero-order chi connectivity index (χ0) is 20.3. The summed E-state index contributed by atoms with van der Waals surface area (Å²) in [5, 5.41) is 0. The highest BCUT2D eigenvalue weighted by Crippen LogP contribution is 2.37. The van der Waals surface area contributed by atoms with Gasteiger partial charge in [0, 0.05) is 0 Å². The van der Waals surface area contributed by atoms with Gasteiger partial charge in [0.05, 0.1) is 0 Å². The summed E-state index contributed by atoms with van der Waals surface area (Å²) < 4.78 is 0. The van der Waals surface area contributed by atoms with Crippen molar-refractivity contribution in [2.45, 2.75) is 103 Å². The first-order valence-electron chi connectivity index (χ1n) is 12.4. The number of benzene rings is 2. The molecule has 2 aromatic carbocycles. The first-order valence-corrected chi connectivity index (χ1v) is 12.4. The van der Waals surface area contributed by atoms with Crippen LogP contribution in [0.5, 0.6) is 0 Å². The molecule has 0 aromatic heterocycles. The lowest BCUT2D eigenvalue weighted by Gasteiger charge is -2.29. The van der Waals surface area contributed by atoms with Crippen LogP contribution in [0.15, 0.2) is 48.5 Å². The molecule has 0 amide bonds. The van der Waals surface area contributed by atoms with E-state index in [1.54, 1.807) is 5.56 Å². The van der Waals surface area contributed by atoms with E-state index in [0.29, 0.717) is 0 Å². The predicted molar refractivity (Wildman–Crippen MR) is 128 cm³/mol. The third-order valence-corrected chi connectivity index (χ3v) is 7.06. The van der Waals surface area contributed by atoms with Crippen LogP contribution in [0.1, 0.15) is 106 Å². The van der Waals surface area contributed by atoms with Crippen LogP contribution < -0.4 is 0 Å². The molecule has 3 rings (SSSR count). The predicted octanol–water partition coefficient (Wildman–Crippen LogP) is 8.67. The highest BCUT2D eigenvalue weighted by atomic mass is 14.3. The number of hydrogen-bond acceptors (Lipinski definition) is 0. The largest absolute Gasteiger partial charge is 0.0654 e. The molecule has 0 bridgehead atoms. The molecule has 0 aliphatic heterocycles. The smallest absolute Gasteiger partial charge is 0.0162 e. The van der Waals surface area contributed by atoms with Crippen molar-refractivity contribution >= 4 is 0 Å². The summed E-state index contributed by atoms with van der Waals surface area (Å²) in [6.45, 7) is 4.57. The molecule has 0 atom stereocenters. The molecule has 29 heavy (non-hydrogen) atoms. The Morgan fingerprint density at radius 3 is 1.66 bits per heavy atom. The Labute approximate surface area is 180 Å². The van der Waals surface area contributed by atoms with E-state index >= 15 is 0 Å². The van der Waals surface area contributed by atoms with E-state index < -0.39 is 0 Å². The minimum Gasteiger partial charge on any atom is -0.0654 e. The van der Waals surface area contributed by atoms with Gasteiger partial charge in [-0.3, -0.25) is 0 Å². The maximum Gasteiger partial charge on any atom is -0.0162 e. The highest BCUT2D eigenvalue weighted by molar-refractivity contribution is 5.28. The van der Waals surface area contributed by atoms with Crippen LogP contribution in [0.2, 0.25) is 0 Å². The first kappa shape index (κ1) is 22.1. The van der Waals surface area contributed by atoms with Gasteiger partial charge >= 0.3 is 0 Å². The minimum absolute atomic E-state index is 0.808. The van der Waals surface area contributed by atoms with Crippen molar-refractivity contribution in [1.82, 2.24) is 0 Å². The van der Waals surface area contributed by atoms with Crippen molar-refractivity contribution < 1.29 is 0 Å². The van der Waals surface area contributed by atoms with E-state index in [1.807, 2.05) is 0 Å². The molecule has 1 aliphatic rings. The highest BCUT2D eigenvalue weighted by Gasteiger charge is 2.21. The van der Waals surface area contributed by atoms with E-state index in [1.165, 1.54) is 87.3 Å². The molecule has 158 valence electrons. The van der Waals surface area contributed by atoms with Gasteiger partial charge in [-0.1, -0.05) is 94.5 Å². The molecule has 1 saturated carbocycles. The van der Waals surface area contributed by atoms with Crippen molar-refractivity contribution in [2.24, 2.45) is 5.92 Å². The van der Waals surface area contributed by atoms with Crippen LogP contribution in [0, 0.1) is 5.92 Å². The van der Waals surface area contributed by atoms with Crippen LogP contribution in [0.25, 0.3) is 0 Å². The fourth-order valence-electron chi connectivity index (χ4n) is 4.97. The number of rotatable bonds is 11. The summed E-state index contributed by atoms with van der Waals surface area (Å²) in [5.74, 6) is 1.81. The van der Waals surface area contributed by atoms with E-state index in [2.05, 4.69) is 62.4 Å². The van der Waals surface area contributed by atoms with Gasteiger partial charge in [-0.25, -0.2) is 0 Å². The number of unbranched alkanes of at least 4 members (excludes halogenated alkanes) is 3. The zero-order valence-electron chi connectivity index (χ0n) is 19.0. The Morgan fingerprint density at radius 2 is 1.10 bits per heavy atom. The summed E-state index contributed by atoms with van der Waals surface area (Å²) in [4.78, 5) is 0. The Balaban J connectivity index is 1.42. The molecule has 0 N–H and O–H groups in total. The fourth-order valence-corrected chi connectivity index (χ4v) is 4.97. The summed E-state index contributed by atoms with van der Waals surface area (Å²) in [6, 6.07) is 18.9. The molecular weight excluding hydrogens is 348 g/mol. The second-order valence-electron chi connectivity index (χ2n) is 9.38. The van der Waals surface area contributed by atoms with Gasteiger partial charge in [0.25, 0.3) is 0 Å². The second-order valence-corrected chi connectivity index (χ2v) is 9.38. The van der Waals surface area contributed by atoms with Crippen LogP contribution in [-0.4, -0.2) is 0 Å². The van der Waals surface area contributed by atoms with Gasteiger partial charge in [-0.2, -0.15) is 0 Å². The Morgan fingerprint density at radius 1 is 0.586 bits per heavy atom. The molecule has 0 radical (unpaired) electrons. The molecule has 0 nitrogen and oxygen atoms in total. The monoisotopic (exact) mass is 390 g/mol. The maximum absolute atomic E-state index is 2.42. The van der Waals surface area contributed by atoms with Crippen molar-refractivity contribution in [2.75, 3.05) is 0 Å². The van der Waals surface area contributed by atoms with Gasteiger partial charge in [0.2, 0.25) is 0 Å². The van der Waals surface area contributed by atoms with Crippen LogP contribution in [0.3, 0.4) is 0 Å². The third kappa shape index (κ3) is 7.32. The van der Waals surface area contributed by atoms with Crippen LogP contribution in [-0.2, 0) is 19.3 Å². The van der Waals surface area contributed by atoms with E-state index in [0.717, 1.165) is 24.7 Å². The van der Waals surface area contributed by atoms with Gasteiger partial charge in [-0.05, 0) is 85.5 Å². The SMILES string of the molecule is CCCCCC1CCC(c2ccc(CCc3ccc(CCCC)cc3)cc2)CC1. The zero-order valence-corrected chi connectivity index (χ0v) is 19.0. The molecule has 0 heterocycles. The summed E-state index contributed by atoms with van der Waals surface area (Å²) in [5.41, 5.74) is 6.02. The molecule has 0 saturated heterocycles. The Kier molecular flexibility index (Phi) is 9.32. The lowest BCUT2D eigenvalue weighted by atomic mass is 9.77. The second kappa shape index (κ2) is 12.2. The van der Waals surface area contributed by atoms with Crippen molar-refractivity contribution in [3.8, 4) is 0 Å². The summed E-state index contributed by atoms with van der Waals surface area (Å²) in [6.07, 6.45) is 17.5. The van der Waals surface area contributed by atoms with Gasteiger partial charge < -0.3 is 0 Å². The lowest BCUT2D eigenvalue weighted by Crippen LogP contribution is -2.13. The first-order chi connectivity index (χ1) is 14.3. The Hall–Kier alpha value is -1.56. The topological polar surface area (TPSA) is 0 Å². The van der Waals surface area contributed by atoms with E-state index in [9.17, 15) is 0 Å². The van der Waals surface area contributed by atoms with Gasteiger partial charge in [-0.15, -0.1) is 0 Å². The average Bonchev–Trinajstić information content (AvgIpc) is 2.78. The molecule has 1 fully saturated rings. The number of aryl methyl sites for hydroxylation is 3. The normalized spacial score (nSPS) is 19.4. The molecule has 0 heteroatoms. The number of hydrogen-bond donors (Lipinski definition) is 0. The molecular formula is C29H42. The van der Waals surface area contributed by atoms with Crippen LogP contribution in [0.4, 0.5) is 0 Å². The van der Waals surface area contributed by atoms with Gasteiger partial charge in [0.1, 0.15) is 0 Å². The van der Waals surface area contributed by atoms with Crippen molar-refractivity contribution in [1.29, 1.82) is 0 Å². The van der Waals surface area contributed by atoms with E-state index in [-0.39, 0.29) is 0 Å². The lowest BCUT2D eigenvalue weighted by molar-refractivity contribution is 0.303. The molecule has 1 aliphatic carbocycles. The standard InChI is InChI=1S/C29H42/c1-3-5-7-9-25-16-20-28(21-17-25)29-22-18-27(19-23-29)15-14-26-12-10-24(11-13-26)8-6-4-2/h10-13,18-19,22-23,25,28H,3-9,14-17,20-21H2,1-2H3. The third-order valence-electron chi connectivity index (χ3n) is 7.06.